The number of anilines is 1. The highest BCUT2D eigenvalue weighted by molar-refractivity contribution is 6.62. The molecule has 2 aliphatic heterocycles. The first kappa shape index (κ1) is 17.7. The minimum absolute atomic E-state index is 0.316. The van der Waals surface area contributed by atoms with Gasteiger partial charge in [0.05, 0.1) is 11.2 Å². The standard InChI is InChI=1S/C18H30BN3O2/c1-14(2)21-9-11-22(12-10-21)16-8-7-15(13-20-16)19-23-17(3,4)18(5,6)24-19/h7-8,13-14H,9-12H2,1-6H3. The van der Waals surface area contributed by atoms with Crippen LogP contribution in [0.5, 0.6) is 0 Å². The van der Waals surface area contributed by atoms with E-state index in [1.807, 2.05) is 6.20 Å². The third-order valence-corrected chi connectivity index (χ3v) is 5.66. The molecule has 0 atom stereocenters. The summed E-state index contributed by atoms with van der Waals surface area (Å²) in [4.78, 5) is 9.52. The molecule has 24 heavy (non-hydrogen) atoms. The topological polar surface area (TPSA) is 37.8 Å². The zero-order valence-corrected chi connectivity index (χ0v) is 15.9. The number of pyridine rings is 1. The summed E-state index contributed by atoms with van der Waals surface area (Å²) in [6.45, 7) is 17.1. The molecule has 0 aromatic carbocycles. The Hall–Kier alpha value is -1.11. The number of hydrogen-bond donors (Lipinski definition) is 0. The van der Waals surface area contributed by atoms with E-state index in [0.717, 1.165) is 37.5 Å². The third kappa shape index (κ3) is 3.32. The van der Waals surface area contributed by atoms with Crippen LogP contribution < -0.4 is 10.4 Å². The van der Waals surface area contributed by atoms with Crippen LogP contribution in [0.25, 0.3) is 0 Å². The van der Waals surface area contributed by atoms with Crippen LogP contribution in [0.15, 0.2) is 18.3 Å². The van der Waals surface area contributed by atoms with Gasteiger partial charge in [0.2, 0.25) is 0 Å². The van der Waals surface area contributed by atoms with Gasteiger partial charge >= 0.3 is 7.12 Å². The molecular formula is C18H30BN3O2. The van der Waals surface area contributed by atoms with Gasteiger partial charge in [0.15, 0.2) is 0 Å². The molecule has 6 heteroatoms. The average Bonchev–Trinajstić information content (AvgIpc) is 2.76. The highest BCUT2D eigenvalue weighted by Crippen LogP contribution is 2.36. The van der Waals surface area contributed by atoms with Crippen molar-refractivity contribution in [3.05, 3.63) is 18.3 Å². The Kier molecular flexibility index (Phi) is 4.66. The van der Waals surface area contributed by atoms with Crippen LogP contribution in [0.3, 0.4) is 0 Å². The van der Waals surface area contributed by atoms with E-state index >= 15 is 0 Å². The van der Waals surface area contributed by atoms with Gasteiger partial charge in [-0.05, 0) is 47.6 Å². The fourth-order valence-corrected chi connectivity index (χ4v) is 3.17. The summed E-state index contributed by atoms with van der Waals surface area (Å²) < 4.78 is 12.2. The quantitative estimate of drug-likeness (QED) is 0.791. The number of nitrogens with zero attached hydrogens (tertiary/aromatic N) is 3. The Morgan fingerprint density at radius 2 is 1.58 bits per heavy atom. The molecule has 1 aromatic rings. The Morgan fingerprint density at radius 3 is 2.04 bits per heavy atom. The Balaban J connectivity index is 1.65. The second-order valence-electron chi connectivity index (χ2n) is 8.15. The van der Waals surface area contributed by atoms with Gasteiger partial charge in [0.1, 0.15) is 5.82 Å². The zero-order valence-electron chi connectivity index (χ0n) is 15.9. The molecule has 5 nitrogen and oxygen atoms in total. The summed E-state index contributed by atoms with van der Waals surface area (Å²) in [7, 11) is -0.339. The number of aromatic nitrogens is 1. The first-order valence-corrected chi connectivity index (χ1v) is 9.00. The van der Waals surface area contributed by atoms with Crippen molar-refractivity contribution < 1.29 is 9.31 Å². The van der Waals surface area contributed by atoms with Gasteiger partial charge in [-0.2, -0.15) is 0 Å². The summed E-state index contributed by atoms with van der Waals surface area (Å²) in [6.07, 6.45) is 1.90. The van der Waals surface area contributed by atoms with Gasteiger partial charge in [-0.25, -0.2) is 4.98 Å². The van der Waals surface area contributed by atoms with Crippen molar-refractivity contribution in [2.24, 2.45) is 0 Å². The van der Waals surface area contributed by atoms with E-state index in [9.17, 15) is 0 Å². The lowest BCUT2D eigenvalue weighted by molar-refractivity contribution is 0.00578. The van der Waals surface area contributed by atoms with Crippen LogP contribution in [-0.4, -0.2) is 60.4 Å². The minimum atomic E-state index is -0.339. The van der Waals surface area contributed by atoms with Crippen LogP contribution in [0.4, 0.5) is 5.82 Å². The Bertz CT molecular complexity index is 550. The monoisotopic (exact) mass is 331 g/mol. The van der Waals surface area contributed by atoms with Crippen LogP contribution in [-0.2, 0) is 9.31 Å². The second kappa shape index (κ2) is 6.32. The van der Waals surface area contributed by atoms with Crippen molar-refractivity contribution in [3.63, 3.8) is 0 Å². The smallest absolute Gasteiger partial charge is 0.399 e. The molecule has 2 aliphatic rings. The first-order valence-electron chi connectivity index (χ1n) is 9.00. The third-order valence-electron chi connectivity index (χ3n) is 5.66. The maximum Gasteiger partial charge on any atom is 0.496 e. The van der Waals surface area contributed by atoms with Gasteiger partial charge in [-0.3, -0.25) is 4.90 Å². The summed E-state index contributed by atoms with van der Waals surface area (Å²) in [6, 6.07) is 4.79. The van der Waals surface area contributed by atoms with Crippen molar-refractivity contribution in [1.82, 2.24) is 9.88 Å². The van der Waals surface area contributed by atoms with Crippen molar-refractivity contribution >= 4 is 18.4 Å². The van der Waals surface area contributed by atoms with E-state index in [-0.39, 0.29) is 18.3 Å². The zero-order chi connectivity index (χ0) is 17.5. The molecule has 0 spiro atoms. The molecule has 1 aromatic heterocycles. The number of piperazine rings is 1. The second-order valence-corrected chi connectivity index (χ2v) is 8.15. The minimum Gasteiger partial charge on any atom is -0.399 e. The lowest BCUT2D eigenvalue weighted by Gasteiger charge is -2.37. The molecule has 0 amide bonds. The fourth-order valence-electron chi connectivity index (χ4n) is 3.17. The first-order chi connectivity index (χ1) is 11.2. The van der Waals surface area contributed by atoms with Crippen molar-refractivity contribution in [2.75, 3.05) is 31.1 Å². The van der Waals surface area contributed by atoms with Crippen molar-refractivity contribution in [1.29, 1.82) is 0 Å². The normalized spacial score (nSPS) is 24.0. The van der Waals surface area contributed by atoms with E-state index in [2.05, 4.69) is 68.5 Å². The maximum atomic E-state index is 6.09. The highest BCUT2D eigenvalue weighted by atomic mass is 16.7. The van der Waals surface area contributed by atoms with Crippen molar-refractivity contribution in [2.45, 2.75) is 58.8 Å². The predicted octanol–water partition coefficient (Wildman–Crippen LogP) is 1.91. The molecule has 0 radical (unpaired) electrons. The molecule has 2 fully saturated rings. The van der Waals surface area contributed by atoms with Gasteiger partial charge in [0.25, 0.3) is 0 Å². The summed E-state index contributed by atoms with van der Waals surface area (Å²) >= 11 is 0. The molecule has 0 aliphatic carbocycles. The number of rotatable bonds is 3. The molecule has 3 heterocycles. The molecule has 0 N–H and O–H groups in total. The molecule has 2 saturated heterocycles. The Labute approximate surface area is 146 Å². The van der Waals surface area contributed by atoms with E-state index < -0.39 is 0 Å². The van der Waals surface area contributed by atoms with Crippen LogP contribution in [0.1, 0.15) is 41.5 Å². The lowest BCUT2D eigenvalue weighted by atomic mass is 9.80. The molecule has 0 unspecified atom stereocenters. The molecule has 0 saturated carbocycles. The number of hydrogen-bond acceptors (Lipinski definition) is 5. The predicted molar refractivity (Wildman–Crippen MR) is 98.9 cm³/mol. The Morgan fingerprint density at radius 1 is 1.00 bits per heavy atom. The van der Waals surface area contributed by atoms with Crippen molar-refractivity contribution in [3.8, 4) is 0 Å². The van der Waals surface area contributed by atoms with Gasteiger partial charge in [0, 0.05) is 43.9 Å². The molecule has 0 bridgehead atoms. The summed E-state index contributed by atoms with van der Waals surface area (Å²) in [5, 5.41) is 0. The van der Waals surface area contributed by atoms with E-state index in [0.29, 0.717) is 6.04 Å². The fraction of sp³-hybridized carbons (Fsp3) is 0.722. The molecular weight excluding hydrogens is 301 g/mol. The van der Waals surface area contributed by atoms with Crippen LogP contribution >= 0.6 is 0 Å². The SMILES string of the molecule is CC(C)N1CCN(c2ccc(B3OC(C)(C)C(C)(C)O3)cn2)CC1. The average molecular weight is 331 g/mol. The highest BCUT2D eigenvalue weighted by Gasteiger charge is 2.51. The maximum absolute atomic E-state index is 6.09. The van der Waals surface area contributed by atoms with E-state index in [1.165, 1.54) is 0 Å². The largest absolute Gasteiger partial charge is 0.496 e. The van der Waals surface area contributed by atoms with E-state index in [1.54, 1.807) is 0 Å². The van der Waals surface area contributed by atoms with Crippen LogP contribution in [0, 0.1) is 0 Å². The van der Waals surface area contributed by atoms with Gasteiger partial charge in [-0.1, -0.05) is 6.07 Å². The lowest BCUT2D eigenvalue weighted by Crippen LogP contribution is -2.49. The molecule has 3 rings (SSSR count). The summed E-state index contributed by atoms with van der Waals surface area (Å²) in [5.41, 5.74) is 0.353. The van der Waals surface area contributed by atoms with E-state index in [4.69, 9.17) is 9.31 Å². The van der Waals surface area contributed by atoms with Gasteiger partial charge < -0.3 is 14.2 Å². The molecule has 132 valence electrons. The van der Waals surface area contributed by atoms with Gasteiger partial charge in [-0.15, -0.1) is 0 Å². The van der Waals surface area contributed by atoms with Crippen LogP contribution in [0.2, 0.25) is 0 Å². The summed E-state index contributed by atoms with van der Waals surface area (Å²) in [5.74, 6) is 1.04.